The highest BCUT2D eigenvalue weighted by molar-refractivity contribution is 9.10. The Labute approximate surface area is 133 Å². The molecule has 7 heteroatoms. The zero-order valence-electron chi connectivity index (χ0n) is 11.6. The molecule has 6 nitrogen and oxygen atoms in total. The first-order valence-electron chi connectivity index (χ1n) is 6.40. The highest BCUT2D eigenvalue weighted by Crippen LogP contribution is 2.22. The quantitative estimate of drug-likeness (QED) is 0.667. The van der Waals surface area contributed by atoms with Crippen molar-refractivity contribution in [3.63, 3.8) is 0 Å². The van der Waals surface area contributed by atoms with Gasteiger partial charge in [-0.1, -0.05) is 6.07 Å². The average Bonchev–Trinajstić information content (AvgIpc) is 2.80. The number of fused-ring (bicyclic) bond motifs is 1. The van der Waals surface area contributed by atoms with Crippen molar-refractivity contribution in [3.8, 4) is 5.75 Å². The van der Waals surface area contributed by atoms with Crippen molar-refractivity contribution in [3.05, 3.63) is 56.7 Å². The Balaban J connectivity index is 1.88. The van der Waals surface area contributed by atoms with Gasteiger partial charge in [0.05, 0.1) is 5.52 Å². The van der Waals surface area contributed by atoms with E-state index >= 15 is 0 Å². The van der Waals surface area contributed by atoms with Crippen molar-refractivity contribution in [2.45, 2.75) is 6.61 Å². The van der Waals surface area contributed by atoms with Crippen LogP contribution in [0.25, 0.3) is 11.1 Å². The summed E-state index contributed by atoms with van der Waals surface area (Å²) in [6, 6.07) is 7.02. The zero-order chi connectivity index (χ0) is 15.7. The molecule has 0 saturated carbocycles. The van der Waals surface area contributed by atoms with Gasteiger partial charge in [0.1, 0.15) is 18.1 Å². The predicted molar refractivity (Wildman–Crippen MR) is 83.1 cm³/mol. The fourth-order valence-electron chi connectivity index (χ4n) is 2.06. The minimum Gasteiger partial charge on any atom is -0.486 e. The average molecular weight is 363 g/mol. The maximum Gasteiger partial charge on any atom is 0.419 e. The molecule has 0 bridgehead atoms. The van der Waals surface area contributed by atoms with E-state index in [-0.39, 0.29) is 12.3 Å². The lowest BCUT2D eigenvalue weighted by molar-refractivity contribution is 0.111. The Morgan fingerprint density at radius 2 is 2.23 bits per heavy atom. The Hall–Kier alpha value is -2.41. The number of hydrogen-bond acceptors (Lipinski definition) is 5. The third-order valence-corrected chi connectivity index (χ3v) is 3.64. The Morgan fingerprint density at radius 1 is 1.41 bits per heavy atom. The predicted octanol–water partition coefficient (Wildman–Crippen LogP) is 2.68. The Bertz CT molecular complexity index is 914. The lowest BCUT2D eigenvalue weighted by Gasteiger charge is -2.08. The number of aryl methyl sites for hydroxylation is 1. The van der Waals surface area contributed by atoms with E-state index in [0.717, 1.165) is 10.0 Å². The van der Waals surface area contributed by atoms with Gasteiger partial charge < -0.3 is 9.15 Å². The van der Waals surface area contributed by atoms with E-state index in [0.29, 0.717) is 23.1 Å². The standard InChI is InChI=1S/C15H11BrN2O4/c1-18-12-4-9(2-3-13(12)22-15(18)20)8-21-14-5-10(16)6-17-11(14)7-19/h2-7H,8H2,1H3. The lowest BCUT2D eigenvalue weighted by Crippen LogP contribution is -2.08. The first-order chi connectivity index (χ1) is 10.6. The van der Waals surface area contributed by atoms with Crippen molar-refractivity contribution >= 4 is 33.3 Å². The number of nitrogens with zero attached hydrogens (tertiary/aromatic N) is 2. The van der Waals surface area contributed by atoms with Crippen LogP contribution in [-0.2, 0) is 13.7 Å². The molecule has 0 spiro atoms. The fourth-order valence-corrected chi connectivity index (χ4v) is 2.37. The molecule has 0 aliphatic carbocycles. The molecule has 0 fully saturated rings. The van der Waals surface area contributed by atoms with E-state index in [2.05, 4.69) is 20.9 Å². The van der Waals surface area contributed by atoms with Crippen LogP contribution in [0.3, 0.4) is 0 Å². The van der Waals surface area contributed by atoms with Crippen molar-refractivity contribution in [1.82, 2.24) is 9.55 Å². The molecule has 0 radical (unpaired) electrons. The number of pyridine rings is 1. The molecule has 112 valence electrons. The molecular formula is C15H11BrN2O4. The lowest BCUT2D eigenvalue weighted by atomic mass is 10.2. The molecule has 2 aromatic heterocycles. The van der Waals surface area contributed by atoms with E-state index in [9.17, 15) is 9.59 Å². The number of aldehydes is 1. The number of aromatic nitrogens is 2. The van der Waals surface area contributed by atoms with Crippen LogP contribution in [0.2, 0.25) is 0 Å². The monoisotopic (exact) mass is 362 g/mol. The number of hydrogen-bond donors (Lipinski definition) is 0. The third-order valence-electron chi connectivity index (χ3n) is 3.21. The van der Waals surface area contributed by atoms with E-state index in [1.54, 1.807) is 25.2 Å². The van der Waals surface area contributed by atoms with Crippen LogP contribution in [0.4, 0.5) is 0 Å². The molecule has 0 N–H and O–H groups in total. The van der Waals surface area contributed by atoms with Crippen LogP contribution in [-0.4, -0.2) is 15.8 Å². The third kappa shape index (κ3) is 2.67. The van der Waals surface area contributed by atoms with Crippen LogP contribution in [0.1, 0.15) is 16.1 Å². The van der Waals surface area contributed by atoms with Crippen molar-refractivity contribution in [2.75, 3.05) is 0 Å². The summed E-state index contributed by atoms with van der Waals surface area (Å²) in [5, 5.41) is 0. The largest absolute Gasteiger partial charge is 0.486 e. The van der Waals surface area contributed by atoms with Crippen molar-refractivity contribution in [1.29, 1.82) is 0 Å². The van der Waals surface area contributed by atoms with E-state index in [1.807, 2.05) is 6.07 Å². The summed E-state index contributed by atoms with van der Waals surface area (Å²) in [6.45, 7) is 0.244. The highest BCUT2D eigenvalue weighted by atomic mass is 79.9. The molecule has 0 aliphatic rings. The molecule has 0 saturated heterocycles. The summed E-state index contributed by atoms with van der Waals surface area (Å²) in [7, 11) is 1.64. The highest BCUT2D eigenvalue weighted by Gasteiger charge is 2.09. The van der Waals surface area contributed by atoms with Crippen LogP contribution >= 0.6 is 15.9 Å². The van der Waals surface area contributed by atoms with Crippen LogP contribution in [0, 0.1) is 0 Å². The number of ether oxygens (including phenoxy) is 1. The first kappa shape index (κ1) is 14.5. The van der Waals surface area contributed by atoms with Gasteiger partial charge in [-0.05, 0) is 39.7 Å². The zero-order valence-corrected chi connectivity index (χ0v) is 13.2. The summed E-state index contributed by atoms with van der Waals surface area (Å²) in [6.07, 6.45) is 2.18. The number of carbonyl (C=O) groups excluding carboxylic acids is 1. The fraction of sp³-hybridized carbons (Fsp3) is 0.133. The summed E-state index contributed by atoms with van der Waals surface area (Å²) in [5.74, 6) is -0.0157. The van der Waals surface area contributed by atoms with E-state index in [4.69, 9.17) is 9.15 Å². The first-order valence-corrected chi connectivity index (χ1v) is 7.20. The van der Waals surface area contributed by atoms with Gasteiger partial charge in [-0.2, -0.15) is 0 Å². The van der Waals surface area contributed by atoms with Crippen LogP contribution in [0.15, 0.2) is 44.1 Å². The molecule has 0 amide bonds. The minimum absolute atomic E-state index is 0.236. The van der Waals surface area contributed by atoms with Gasteiger partial charge in [-0.3, -0.25) is 9.36 Å². The summed E-state index contributed by atoms with van der Waals surface area (Å²) in [5.41, 5.74) is 2.30. The molecule has 0 atom stereocenters. The van der Waals surface area contributed by atoms with Gasteiger partial charge in [0.15, 0.2) is 11.9 Å². The van der Waals surface area contributed by atoms with Gasteiger partial charge in [0, 0.05) is 17.7 Å². The number of benzene rings is 1. The van der Waals surface area contributed by atoms with Gasteiger partial charge in [0.25, 0.3) is 0 Å². The van der Waals surface area contributed by atoms with Gasteiger partial charge >= 0.3 is 5.76 Å². The number of rotatable bonds is 4. The van der Waals surface area contributed by atoms with Crippen LogP contribution in [0.5, 0.6) is 5.75 Å². The second-order valence-corrected chi connectivity index (χ2v) is 5.59. The Morgan fingerprint density at radius 3 is 3.00 bits per heavy atom. The van der Waals surface area contributed by atoms with Gasteiger partial charge in [0.2, 0.25) is 0 Å². The minimum atomic E-state index is -0.410. The molecule has 3 aromatic rings. The summed E-state index contributed by atoms with van der Waals surface area (Å²) < 4.78 is 12.9. The number of halogens is 1. The summed E-state index contributed by atoms with van der Waals surface area (Å²) >= 11 is 3.29. The SMILES string of the molecule is Cn1c(=O)oc2ccc(COc3cc(Br)cnc3C=O)cc21. The van der Waals surface area contributed by atoms with Crippen molar-refractivity contribution in [2.24, 2.45) is 7.05 Å². The maximum absolute atomic E-state index is 11.5. The molecule has 0 aliphatic heterocycles. The molecule has 3 rings (SSSR count). The number of oxazole rings is 1. The topological polar surface area (TPSA) is 74.3 Å². The maximum atomic E-state index is 11.5. The van der Waals surface area contributed by atoms with E-state index < -0.39 is 5.76 Å². The molecule has 2 heterocycles. The smallest absolute Gasteiger partial charge is 0.419 e. The molecule has 1 aromatic carbocycles. The summed E-state index contributed by atoms with van der Waals surface area (Å²) in [4.78, 5) is 26.4. The number of carbonyl (C=O) groups is 1. The van der Waals surface area contributed by atoms with Gasteiger partial charge in [-0.25, -0.2) is 9.78 Å². The van der Waals surface area contributed by atoms with Gasteiger partial charge in [-0.15, -0.1) is 0 Å². The Kier molecular flexibility index (Phi) is 3.81. The second-order valence-electron chi connectivity index (χ2n) is 4.67. The van der Waals surface area contributed by atoms with Crippen molar-refractivity contribution < 1.29 is 13.9 Å². The van der Waals surface area contributed by atoms with E-state index in [1.165, 1.54) is 10.8 Å². The van der Waals surface area contributed by atoms with Crippen LogP contribution < -0.4 is 10.5 Å². The molecular weight excluding hydrogens is 352 g/mol. The molecule has 0 unspecified atom stereocenters. The molecule has 22 heavy (non-hydrogen) atoms. The normalized spacial score (nSPS) is 10.8. The second kappa shape index (κ2) is 5.76.